The molecular formula is C18H21F5O2. The van der Waals surface area contributed by atoms with Crippen molar-refractivity contribution in [3.63, 3.8) is 0 Å². The molecule has 1 saturated carbocycles. The molecule has 0 spiro atoms. The molecule has 2 rings (SSSR count). The first-order valence-corrected chi connectivity index (χ1v) is 8.16. The fourth-order valence-corrected chi connectivity index (χ4v) is 3.00. The molecule has 140 valence electrons. The van der Waals surface area contributed by atoms with Gasteiger partial charge in [-0.15, -0.1) is 19.8 Å². The second-order valence-corrected chi connectivity index (χ2v) is 6.34. The maximum absolute atomic E-state index is 14.0. The third kappa shape index (κ3) is 7.02. The Morgan fingerprint density at radius 3 is 2.12 bits per heavy atom. The van der Waals surface area contributed by atoms with Crippen LogP contribution < -0.4 is 4.74 Å². The average molecular weight is 364 g/mol. The Labute approximate surface area is 143 Å². The van der Waals surface area contributed by atoms with E-state index in [1.54, 1.807) is 0 Å². The number of hydrogen-bond acceptors (Lipinski definition) is 2. The number of halogens is 5. The highest BCUT2D eigenvalue weighted by Gasteiger charge is 2.35. The van der Waals surface area contributed by atoms with E-state index in [0.717, 1.165) is 37.8 Å². The molecule has 1 aromatic rings. The molecule has 1 aromatic carbocycles. The Morgan fingerprint density at radius 2 is 1.60 bits per heavy atom. The Morgan fingerprint density at radius 1 is 1.00 bits per heavy atom. The van der Waals surface area contributed by atoms with Crippen LogP contribution in [-0.4, -0.2) is 12.5 Å². The van der Waals surface area contributed by atoms with Crippen molar-refractivity contribution in [1.29, 1.82) is 0 Å². The van der Waals surface area contributed by atoms with Gasteiger partial charge in [-0.1, -0.05) is 18.2 Å². The van der Waals surface area contributed by atoms with Crippen LogP contribution in [0.2, 0.25) is 0 Å². The fourth-order valence-electron chi connectivity index (χ4n) is 3.00. The van der Waals surface area contributed by atoms with Gasteiger partial charge in [0.1, 0.15) is 5.75 Å². The molecule has 0 amide bonds. The quantitative estimate of drug-likeness (QED) is 0.431. The van der Waals surface area contributed by atoms with E-state index in [2.05, 4.69) is 11.3 Å². The van der Waals surface area contributed by atoms with Crippen LogP contribution in [0.15, 0.2) is 36.9 Å². The number of rotatable bonds is 7. The topological polar surface area (TPSA) is 18.5 Å². The summed E-state index contributed by atoms with van der Waals surface area (Å²) in [5.41, 5.74) is 0.351. The molecule has 0 saturated heterocycles. The molecule has 0 aromatic heterocycles. The molecule has 1 aliphatic rings. The van der Waals surface area contributed by atoms with Gasteiger partial charge in [-0.05, 0) is 55.2 Å². The number of alkyl halides is 5. The molecule has 0 unspecified atom stereocenters. The van der Waals surface area contributed by atoms with E-state index in [1.165, 1.54) is 12.1 Å². The summed E-state index contributed by atoms with van der Waals surface area (Å²) in [7, 11) is 0. The molecule has 0 N–H and O–H groups in total. The lowest BCUT2D eigenvalue weighted by molar-refractivity contribution is -0.274. The Bertz CT molecular complexity index is 546. The molecule has 7 heteroatoms. The summed E-state index contributed by atoms with van der Waals surface area (Å²) < 4.78 is 72.5. The molecular weight excluding hydrogens is 343 g/mol. The van der Waals surface area contributed by atoms with E-state index in [0.29, 0.717) is 11.5 Å². The van der Waals surface area contributed by atoms with Crippen LogP contribution in [0, 0.1) is 11.8 Å². The van der Waals surface area contributed by atoms with E-state index in [1.807, 2.05) is 6.08 Å². The summed E-state index contributed by atoms with van der Waals surface area (Å²) in [6.07, 6.45) is -3.33. The first-order valence-electron chi connectivity index (χ1n) is 8.16. The van der Waals surface area contributed by atoms with Crippen molar-refractivity contribution in [3.8, 4) is 5.75 Å². The first kappa shape index (κ1) is 19.7. The van der Waals surface area contributed by atoms with Crippen LogP contribution in [0.3, 0.4) is 0 Å². The highest BCUT2D eigenvalue weighted by atomic mass is 19.4. The largest absolute Gasteiger partial charge is 0.573 e. The summed E-state index contributed by atoms with van der Waals surface area (Å²) in [5, 5.41) is 0. The van der Waals surface area contributed by atoms with Crippen molar-refractivity contribution in [2.24, 2.45) is 11.8 Å². The van der Waals surface area contributed by atoms with Gasteiger partial charge in [-0.25, -0.2) is 0 Å². The number of ether oxygens (including phenoxy) is 2. The van der Waals surface area contributed by atoms with Gasteiger partial charge in [-0.3, -0.25) is 0 Å². The van der Waals surface area contributed by atoms with Crippen LogP contribution >= 0.6 is 0 Å². The Kier molecular flexibility index (Phi) is 6.43. The van der Waals surface area contributed by atoms with Gasteiger partial charge >= 0.3 is 12.5 Å². The van der Waals surface area contributed by atoms with E-state index in [9.17, 15) is 22.0 Å². The SMILES string of the molecule is C=CC1CCC(CC(F)(F)OCc2ccc(OC(F)(F)F)cc2)CC1. The van der Waals surface area contributed by atoms with Crippen molar-refractivity contribution in [1.82, 2.24) is 0 Å². The summed E-state index contributed by atoms with van der Waals surface area (Å²) >= 11 is 0. The number of allylic oxidation sites excluding steroid dienone is 1. The van der Waals surface area contributed by atoms with Gasteiger partial charge in [0.05, 0.1) is 6.61 Å². The molecule has 0 bridgehead atoms. The summed E-state index contributed by atoms with van der Waals surface area (Å²) in [4.78, 5) is 0. The standard InChI is InChI=1S/C18H21F5O2/c1-2-13-3-5-14(6-4-13)11-17(19,20)24-12-15-7-9-16(10-8-15)25-18(21,22)23/h2,7-10,13-14H,1,3-6,11-12H2. The third-order valence-electron chi connectivity index (χ3n) is 4.36. The van der Waals surface area contributed by atoms with Crippen LogP contribution in [-0.2, 0) is 11.3 Å². The van der Waals surface area contributed by atoms with Crippen LogP contribution in [0.25, 0.3) is 0 Å². The minimum Gasteiger partial charge on any atom is -0.406 e. The zero-order valence-corrected chi connectivity index (χ0v) is 13.7. The zero-order valence-electron chi connectivity index (χ0n) is 13.7. The van der Waals surface area contributed by atoms with Gasteiger partial charge in [0.25, 0.3) is 0 Å². The average Bonchev–Trinajstić information content (AvgIpc) is 2.53. The van der Waals surface area contributed by atoms with Crippen molar-refractivity contribution >= 4 is 0 Å². The van der Waals surface area contributed by atoms with Crippen molar-refractivity contribution in [2.75, 3.05) is 0 Å². The molecule has 0 atom stereocenters. The molecule has 1 fully saturated rings. The highest BCUT2D eigenvalue weighted by molar-refractivity contribution is 5.27. The molecule has 0 radical (unpaired) electrons. The molecule has 1 aliphatic carbocycles. The van der Waals surface area contributed by atoms with E-state index >= 15 is 0 Å². The third-order valence-corrected chi connectivity index (χ3v) is 4.36. The van der Waals surface area contributed by atoms with Gasteiger partial charge < -0.3 is 9.47 Å². The van der Waals surface area contributed by atoms with E-state index < -0.39 is 18.2 Å². The normalized spacial score (nSPS) is 21.8. The lowest BCUT2D eigenvalue weighted by Crippen LogP contribution is -2.26. The fraction of sp³-hybridized carbons (Fsp3) is 0.556. The molecule has 0 aliphatic heterocycles. The van der Waals surface area contributed by atoms with Gasteiger partial charge in [-0.2, -0.15) is 8.78 Å². The molecule has 25 heavy (non-hydrogen) atoms. The van der Waals surface area contributed by atoms with Crippen molar-refractivity contribution in [2.45, 2.75) is 51.2 Å². The van der Waals surface area contributed by atoms with Crippen molar-refractivity contribution < 1.29 is 31.4 Å². The maximum atomic E-state index is 14.0. The molecule has 2 nitrogen and oxygen atoms in total. The van der Waals surface area contributed by atoms with Gasteiger partial charge in [0.15, 0.2) is 0 Å². The minimum absolute atomic E-state index is 0.0891. The minimum atomic E-state index is -4.78. The van der Waals surface area contributed by atoms with Gasteiger partial charge in [0, 0.05) is 6.42 Å². The Balaban J connectivity index is 1.80. The van der Waals surface area contributed by atoms with Crippen LogP contribution in [0.5, 0.6) is 5.75 Å². The van der Waals surface area contributed by atoms with E-state index in [-0.39, 0.29) is 18.9 Å². The zero-order chi connectivity index (χ0) is 18.5. The first-order chi connectivity index (χ1) is 11.7. The maximum Gasteiger partial charge on any atom is 0.573 e. The predicted molar refractivity (Wildman–Crippen MR) is 83.1 cm³/mol. The molecule has 0 heterocycles. The predicted octanol–water partition coefficient (Wildman–Crippen LogP) is 6.08. The second kappa shape index (κ2) is 8.17. The lowest BCUT2D eigenvalue weighted by atomic mass is 9.80. The lowest BCUT2D eigenvalue weighted by Gasteiger charge is -2.29. The van der Waals surface area contributed by atoms with Crippen LogP contribution in [0.1, 0.15) is 37.7 Å². The highest BCUT2D eigenvalue weighted by Crippen LogP contribution is 2.37. The smallest absolute Gasteiger partial charge is 0.406 e. The number of hydrogen-bond donors (Lipinski definition) is 0. The second-order valence-electron chi connectivity index (χ2n) is 6.34. The summed E-state index contributed by atoms with van der Waals surface area (Å²) in [5.74, 6) is -0.0843. The Hall–Kier alpha value is -1.63. The summed E-state index contributed by atoms with van der Waals surface area (Å²) in [6, 6.07) is 4.68. The summed E-state index contributed by atoms with van der Waals surface area (Å²) in [6.45, 7) is 3.35. The van der Waals surface area contributed by atoms with Crippen molar-refractivity contribution in [3.05, 3.63) is 42.5 Å². The monoisotopic (exact) mass is 364 g/mol. The van der Waals surface area contributed by atoms with E-state index in [4.69, 9.17) is 4.74 Å². The number of benzene rings is 1. The van der Waals surface area contributed by atoms with Crippen LogP contribution in [0.4, 0.5) is 22.0 Å². The van der Waals surface area contributed by atoms with Gasteiger partial charge in [0.2, 0.25) is 0 Å².